The van der Waals surface area contributed by atoms with Gasteiger partial charge in [0.1, 0.15) is 5.56 Å². The van der Waals surface area contributed by atoms with Crippen LogP contribution in [0, 0.1) is 0 Å². The molecule has 0 amide bonds. The minimum Gasteiger partial charge on any atom is -0.297 e. The number of rotatable bonds is 0. The second-order valence-corrected chi connectivity index (χ2v) is 3.20. The summed E-state index contributed by atoms with van der Waals surface area (Å²) in [4.78, 5) is 0. The standard InChI is InChI=1S/C9H8BN3/c10-12-5-1-3-8-7-11-4-2-6-13(11)9(8)12/h1-6H,7H2/q+2. The molecule has 0 aliphatic carbocycles. The van der Waals surface area contributed by atoms with Gasteiger partial charge >= 0.3 is 13.8 Å². The molecule has 4 heteroatoms. The third-order valence-corrected chi connectivity index (χ3v) is 2.39. The van der Waals surface area contributed by atoms with Gasteiger partial charge in [-0.2, -0.15) is 0 Å². The quantitative estimate of drug-likeness (QED) is 0.313. The second-order valence-electron chi connectivity index (χ2n) is 3.20. The highest BCUT2D eigenvalue weighted by Gasteiger charge is 2.32. The summed E-state index contributed by atoms with van der Waals surface area (Å²) in [6.07, 6.45) is 5.91. The van der Waals surface area contributed by atoms with Crippen LogP contribution in [-0.2, 0) is 6.54 Å². The van der Waals surface area contributed by atoms with Gasteiger partial charge in [0.25, 0.3) is 0 Å². The van der Waals surface area contributed by atoms with Crippen molar-refractivity contribution in [3.8, 4) is 5.82 Å². The molecule has 60 valence electrons. The van der Waals surface area contributed by atoms with Gasteiger partial charge in [0.05, 0.1) is 12.3 Å². The lowest BCUT2D eigenvalue weighted by Crippen LogP contribution is -2.41. The molecule has 0 unspecified atom stereocenters. The van der Waals surface area contributed by atoms with Crippen LogP contribution >= 0.6 is 0 Å². The zero-order valence-corrected chi connectivity index (χ0v) is 7.09. The van der Waals surface area contributed by atoms with Crippen LogP contribution in [0.15, 0.2) is 36.8 Å². The molecule has 1 aliphatic heterocycles. The molecule has 0 saturated heterocycles. The lowest BCUT2D eigenvalue weighted by atomic mass is 10.2. The van der Waals surface area contributed by atoms with Crippen LogP contribution in [0.25, 0.3) is 5.82 Å². The Kier molecular flexibility index (Phi) is 1.18. The van der Waals surface area contributed by atoms with Crippen molar-refractivity contribution in [2.45, 2.75) is 6.54 Å². The Morgan fingerprint density at radius 2 is 2.23 bits per heavy atom. The van der Waals surface area contributed by atoms with Crippen molar-refractivity contribution in [2.75, 3.05) is 0 Å². The van der Waals surface area contributed by atoms with E-state index in [0.717, 1.165) is 12.4 Å². The molecule has 0 saturated carbocycles. The maximum Gasteiger partial charge on any atom is 0.409 e. The van der Waals surface area contributed by atoms with Crippen molar-refractivity contribution in [3.05, 3.63) is 42.4 Å². The number of nitrogens with zero attached hydrogens (tertiary/aromatic N) is 3. The van der Waals surface area contributed by atoms with E-state index in [1.807, 2.05) is 30.7 Å². The average Bonchev–Trinajstić information content (AvgIpc) is 2.62. The minimum absolute atomic E-state index is 0.903. The van der Waals surface area contributed by atoms with Crippen molar-refractivity contribution in [1.82, 2.24) is 4.68 Å². The second kappa shape index (κ2) is 2.22. The maximum atomic E-state index is 5.83. The van der Waals surface area contributed by atoms with Gasteiger partial charge in [-0.25, -0.2) is 0 Å². The maximum absolute atomic E-state index is 5.83. The van der Waals surface area contributed by atoms with Crippen LogP contribution in [0.2, 0.25) is 0 Å². The molecule has 3 rings (SSSR count). The number of fused-ring (bicyclic) bond motifs is 3. The Balaban J connectivity index is 2.37. The molecule has 3 heterocycles. The van der Waals surface area contributed by atoms with E-state index in [-0.39, 0.29) is 0 Å². The average molecular weight is 169 g/mol. The van der Waals surface area contributed by atoms with E-state index in [4.69, 9.17) is 7.98 Å². The van der Waals surface area contributed by atoms with E-state index >= 15 is 0 Å². The summed E-state index contributed by atoms with van der Waals surface area (Å²) in [7, 11) is 5.83. The summed E-state index contributed by atoms with van der Waals surface area (Å²) in [5.74, 6) is 1.05. The molecule has 0 fully saturated rings. The first-order valence-corrected chi connectivity index (χ1v) is 4.22. The van der Waals surface area contributed by atoms with Crippen molar-refractivity contribution in [2.24, 2.45) is 0 Å². The van der Waals surface area contributed by atoms with Gasteiger partial charge < -0.3 is 0 Å². The monoisotopic (exact) mass is 169 g/mol. The summed E-state index contributed by atoms with van der Waals surface area (Å²) < 4.78 is 5.82. The van der Waals surface area contributed by atoms with Crippen LogP contribution in [-0.4, -0.2) is 12.7 Å². The lowest BCUT2D eigenvalue weighted by Gasteiger charge is -1.93. The highest BCUT2D eigenvalue weighted by molar-refractivity contribution is 5.95. The Labute approximate surface area is 77.3 Å². The normalized spacial score (nSPS) is 12.6. The molecule has 2 radical (unpaired) electrons. The van der Waals surface area contributed by atoms with Crippen molar-refractivity contribution < 1.29 is 9.16 Å². The van der Waals surface area contributed by atoms with Gasteiger partial charge in [0.15, 0.2) is 6.20 Å². The van der Waals surface area contributed by atoms with E-state index < -0.39 is 0 Å². The fourth-order valence-corrected chi connectivity index (χ4v) is 1.82. The molecule has 0 spiro atoms. The predicted octanol–water partition coefficient (Wildman–Crippen LogP) is -0.654. The summed E-state index contributed by atoms with van der Waals surface area (Å²) >= 11 is 0. The van der Waals surface area contributed by atoms with E-state index in [1.54, 1.807) is 4.48 Å². The smallest absolute Gasteiger partial charge is 0.297 e. The van der Waals surface area contributed by atoms with E-state index in [1.165, 1.54) is 5.56 Å². The van der Waals surface area contributed by atoms with Crippen LogP contribution in [0.3, 0.4) is 0 Å². The molecule has 1 aliphatic rings. The van der Waals surface area contributed by atoms with E-state index in [9.17, 15) is 0 Å². The third kappa shape index (κ3) is 0.799. The van der Waals surface area contributed by atoms with Crippen LogP contribution in [0.1, 0.15) is 5.56 Å². The summed E-state index contributed by atoms with van der Waals surface area (Å²) in [6.45, 7) is 0.903. The molecule has 0 atom stereocenters. The zero-order valence-electron chi connectivity index (χ0n) is 7.09. The van der Waals surface area contributed by atoms with Gasteiger partial charge in [-0.05, 0) is 16.8 Å². The van der Waals surface area contributed by atoms with Crippen molar-refractivity contribution >= 4 is 7.98 Å². The molecule has 2 aromatic rings. The zero-order chi connectivity index (χ0) is 8.84. The van der Waals surface area contributed by atoms with Crippen LogP contribution < -0.4 is 9.16 Å². The van der Waals surface area contributed by atoms with Crippen molar-refractivity contribution in [1.29, 1.82) is 0 Å². The molecule has 2 aromatic heterocycles. The molecule has 3 nitrogen and oxygen atoms in total. The van der Waals surface area contributed by atoms with Crippen LogP contribution in [0.4, 0.5) is 0 Å². The van der Waals surface area contributed by atoms with Gasteiger partial charge in [-0.15, -0.1) is 0 Å². The predicted molar refractivity (Wildman–Crippen MR) is 46.4 cm³/mol. The lowest BCUT2D eigenvalue weighted by molar-refractivity contribution is -0.756. The Morgan fingerprint density at radius 3 is 3.15 bits per heavy atom. The SMILES string of the molecule is [B][n+]1cccc2c1-n1ccc[n+]1C2. The first kappa shape index (κ1) is 6.89. The number of hydrogen-bond acceptors (Lipinski definition) is 0. The Morgan fingerprint density at radius 1 is 1.31 bits per heavy atom. The summed E-state index contributed by atoms with van der Waals surface area (Å²) in [5.41, 5.74) is 1.26. The molecule has 0 aromatic carbocycles. The molecule has 13 heavy (non-hydrogen) atoms. The molecular formula is C9H8BN3+2. The largest absolute Gasteiger partial charge is 0.409 e. The van der Waals surface area contributed by atoms with Crippen LogP contribution in [0.5, 0.6) is 0 Å². The van der Waals surface area contributed by atoms with Gasteiger partial charge in [0, 0.05) is 4.68 Å². The fraction of sp³-hybridized carbons (Fsp3) is 0.111. The number of hydrogen-bond donors (Lipinski definition) is 0. The summed E-state index contributed by atoms with van der Waals surface area (Å²) in [6, 6.07) is 6.07. The first-order valence-electron chi connectivity index (χ1n) is 4.22. The Hall–Kier alpha value is -1.58. The molecule has 0 N–H and O–H groups in total. The van der Waals surface area contributed by atoms with Crippen molar-refractivity contribution in [3.63, 3.8) is 0 Å². The number of aromatic nitrogens is 3. The Bertz CT molecular complexity index is 475. The van der Waals surface area contributed by atoms with E-state index in [2.05, 4.69) is 15.4 Å². The molecular weight excluding hydrogens is 161 g/mol. The highest BCUT2D eigenvalue weighted by Crippen LogP contribution is 2.12. The topological polar surface area (TPSA) is 12.7 Å². The minimum atomic E-state index is 0.903. The number of pyridine rings is 1. The van der Waals surface area contributed by atoms with E-state index in [0.29, 0.717) is 0 Å². The van der Waals surface area contributed by atoms with Gasteiger partial charge in [-0.1, -0.05) is 0 Å². The summed E-state index contributed by atoms with van der Waals surface area (Å²) in [5, 5.41) is 0. The molecule has 0 bridgehead atoms. The van der Waals surface area contributed by atoms with Gasteiger partial charge in [0.2, 0.25) is 12.7 Å². The highest BCUT2D eigenvalue weighted by atomic mass is 15.4. The first-order chi connectivity index (χ1) is 6.36. The van der Waals surface area contributed by atoms with Gasteiger partial charge in [-0.3, -0.25) is 4.48 Å². The third-order valence-electron chi connectivity index (χ3n) is 2.39. The fourth-order valence-electron chi connectivity index (χ4n) is 1.82.